The molecule has 4 aromatic rings. The standard InChI is InChI=1S/C33H27F4N5O6/c1-3-26(43)27-16-41(33(46)48-27)19-6-8-24(22(36)14-19)39-9-11-40(12-10-39)32-23(37)15-20-30(45)28(47-29(44)4-2)17-42(31(20)38-32)25-7-5-18(34)13-21(25)35/h1,5-8,13-15,17,26-27,43H,4,9-12,16H2,2H3. The van der Waals surface area contributed by atoms with Gasteiger partial charge in [0.15, 0.2) is 35.2 Å². The molecule has 0 spiro atoms. The maximum absolute atomic E-state index is 15.6. The quantitative estimate of drug-likeness (QED) is 0.178. The number of anilines is 3. The van der Waals surface area contributed by atoms with Crippen molar-refractivity contribution < 1.29 is 41.7 Å². The highest BCUT2D eigenvalue weighted by atomic mass is 19.1. The number of ether oxygens (including phenoxy) is 2. The maximum atomic E-state index is 15.6. The van der Waals surface area contributed by atoms with E-state index in [-0.39, 0.29) is 73.1 Å². The van der Waals surface area contributed by atoms with Crippen LogP contribution in [-0.2, 0) is 9.53 Å². The topological polar surface area (TPSA) is 117 Å². The van der Waals surface area contributed by atoms with Crippen molar-refractivity contribution in [3.05, 3.63) is 82.2 Å². The normalized spacial score (nSPS) is 17.0. The van der Waals surface area contributed by atoms with Crippen LogP contribution in [0.25, 0.3) is 16.7 Å². The van der Waals surface area contributed by atoms with Gasteiger partial charge in [-0.25, -0.2) is 27.3 Å². The van der Waals surface area contributed by atoms with E-state index in [1.165, 1.54) is 24.0 Å². The number of terminal acetylenes is 1. The summed E-state index contributed by atoms with van der Waals surface area (Å²) in [4.78, 5) is 46.3. The van der Waals surface area contributed by atoms with Crippen LogP contribution in [0.3, 0.4) is 0 Å². The molecule has 1 N–H and O–H groups in total. The number of hydrogen-bond donors (Lipinski definition) is 1. The van der Waals surface area contributed by atoms with Crippen LogP contribution in [0.2, 0.25) is 0 Å². The molecule has 2 fully saturated rings. The fourth-order valence-electron chi connectivity index (χ4n) is 5.59. The predicted octanol–water partition coefficient (Wildman–Crippen LogP) is 3.90. The zero-order chi connectivity index (χ0) is 34.3. The Balaban J connectivity index is 1.27. The second-order valence-corrected chi connectivity index (χ2v) is 11.0. The number of pyridine rings is 2. The number of benzene rings is 2. The molecule has 6 rings (SSSR count). The SMILES string of the molecule is C#CC(O)C1CN(c2ccc(N3CCN(c4nc5c(cc4F)c(=O)c(OC(=O)CC)cn5-c4ccc(F)cc4F)CC3)c(F)c2)C(=O)O1. The molecule has 0 saturated carbocycles. The molecule has 0 aliphatic carbocycles. The lowest BCUT2D eigenvalue weighted by atomic mass is 10.2. The van der Waals surface area contributed by atoms with Gasteiger partial charge >= 0.3 is 12.1 Å². The summed E-state index contributed by atoms with van der Waals surface area (Å²) in [5, 5.41) is 9.51. The van der Waals surface area contributed by atoms with Crippen LogP contribution < -0.4 is 24.9 Å². The minimum Gasteiger partial charge on any atom is -0.440 e. The molecular weight excluding hydrogens is 638 g/mol. The molecule has 11 nitrogen and oxygen atoms in total. The van der Waals surface area contributed by atoms with Crippen LogP contribution in [0.5, 0.6) is 5.75 Å². The number of aromatic nitrogens is 2. The highest BCUT2D eigenvalue weighted by molar-refractivity contribution is 5.90. The average Bonchev–Trinajstić information content (AvgIpc) is 3.47. The summed E-state index contributed by atoms with van der Waals surface area (Å²) < 4.78 is 70.9. The molecule has 2 unspecified atom stereocenters. The molecule has 1 amide bonds. The summed E-state index contributed by atoms with van der Waals surface area (Å²) in [6.45, 7) is 2.24. The van der Waals surface area contributed by atoms with Crippen LogP contribution in [0.15, 0.2) is 53.5 Å². The first-order chi connectivity index (χ1) is 23.0. The number of nitrogens with zero attached hydrogens (tertiary/aromatic N) is 5. The van der Waals surface area contributed by atoms with Gasteiger partial charge in [-0.05, 0) is 36.4 Å². The number of fused-ring (bicyclic) bond motifs is 1. The van der Waals surface area contributed by atoms with Crippen LogP contribution in [-0.4, -0.2) is 71.7 Å². The molecule has 4 heterocycles. The fourth-order valence-corrected chi connectivity index (χ4v) is 5.59. The lowest BCUT2D eigenvalue weighted by Crippen LogP contribution is -2.47. The van der Waals surface area contributed by atoms with Crippen molar-refractivity contribution in [2.45, 2.75) is 25.6 Å². The van der Waals surface area contributed by atoms with E-state index in [0.717, 1.165) is 35.0 Å². The van der Waals surface area contributed by atoms with E-state index in [0.29, 0.717) is 6.07 Å². The number of carbonyl (C=O) groups is 2. The second-order valence-electron chi connectivity index (χ2n) is 11.0. The molecule has 15 heteroatoms. The van der Waals surface area contributed by atoms with Crippen LogP contribution in [0, 0.1) is 35.6 Å². The van der Waals surface area contributed by atoms with Gasteiger partial charge < -0.3 is 24.4 Å². The van der Waals surface area contributed by atoms with Gasteiger partial charge in [-0.3, -0.25) is 19.1 Å². The van der Waals surface area contributed by atoms with Crippen molar-refractivity contribution in [2.24, 2.45) is 0 Å². The molecule has 2 aromatic heterocycles. The van der Waals surface area contributed by atoms with Gasteiger partial charge in [0.1, 0.15) is 17.5 Å². The van der Waals surface area contributed by atoms with Crippen LogP contribution in [0.1, 0.15) is 13.3 Å². The van der Waals surface area contributed by atoms with Crippen molar-refractivity contribution in [1.82, 2.24) is 9.55 Å². The molecular formula is C33H27F4N5O6. The number of piperazine rings is 1. The highest BCUT2D eigenvalue weighted by Crippen LogP contribution is 2.31. The smallest absolute Gasteiger partial charge is 0.414 e. The minimum absolute atomic E-state index is 0.0567. The van der Waals surface area contributed by atoms with Gasteiger partial charge in [-0.2, -0.15) is 0 Å². The number of aliphatic hydroxyl groups is 1. The Morgan fingerprint density at radius 2 is 1.71 bits per heavy atom. The first kappa shape index (κ1) is 32.3. The number of carbonyl (C=O) groups excluding carboxylic acids is 2. The summed E-state index contributed by atoms with van der Waals surface area (Å²) in [6.07, 6.45) is 3.15. The maximum Gasteiger partial charge on any atom is 0.414 e. The van der Waals surface area contributed by atoms with Crippen molar-refractivity contribution >= 4 is 40.3 Å². The largest absolute Gasteiger partial charge is 0.440 e. The Kier molecular flexibility index (Phi) is 8.67. The molecule has 2 aliphatic rings. The first-order valence-electron chi connectivity index (χ1n) is 14.8. The molecule has 248 valence electrons. The highest BCUT2D eigenvalue weighted by Gasteiger charge is 2.36. The Labute approximate surface area is 270 Å². The summed E-state index contributed by atoms with van der Waals surface area (Å²) in [5.74, 6) is -2.67. The van der Waals surface area contributed by atoms with E-state index in [4.69, 9.17) is 15.9 Å². The van der Waals surface area contributed by atoms with E-state index in [2.05, 4.69) is 10.9 Å². The van der Waals surface area contributed by atoms with Gasteiger partial charge in [0, 0.05) is 38.7 Å². The lowest BCUT2D eigenvalue weighted by Gasteiger charge is -2.37. The molecule has 2 aromatic carbocycles. The second kappa shape index (κ2) is 12.9. The Morgan fingerprint density at radius 3 is 2.38 bits per heavy atom. The number of amides is 1. The summed E-state index contributed by atoms with van der Waals surface area (Å²) in [5.41, 5.74) is -0.802. The Hall–Kier alpha value is -5.62. The third-order valence-electron chi connectivity index (χ3n) is 8.08. The summed E-state index contributed by atoms with van der Waals surface area (Å²) in [6, 6.07) is 7.83. The first-order valence-corrected chi connectivity index (χ1v) is 14.8. The number of hydrogen-bond acceptors (Lipinski definition) is 9. The molecule has 48 heavy (non-hydrogen) atoms. The Morgan fingerprint density at radius 1 is 1.02 bits per heavy atom. The zero-order valence-corrected chi connectivity index (χ0v) is 25.3. The molecule has 2 aliphatic heterocycles. The van der Waals surface area contributed by atoms with Gasteiger partial charge in [0.05, 0.1) is 35.2 Å². The van der Waals surface area contributed by atoms with E-state index in [1.54, 1.807) is 9.80 Å². The monoisotopic (exact) mass is 665 g/mol. The number of cyclic esters (lactones) is 1. The third kappa shape index (κ3) is 5.97. The third-order valence-corrected chi connectivity index (χ3v) is 8.08. The van der Waals surface area contributed by atoms with Gasteiger partial charge in [0.25, 0.3) is 0 Å². The van der Waals surface area contributed by atoms with E-state index in [1.807, 2.05) is 0 Å². The van der Waals surface area contributed by atoms with Crippen molar-refractivity contribution in [2.75, 3.05) is 47.4 Å². The van der Waals surface area contributed by atoms with Gasteiger partial charge in [0.2, 0.25) is 5.43 Å². The van der Waals surface area contributed by atoms with Crippen molar-refractivity contribution in [3.8, 4) is 23.8 Å². The Bertz CT molecular complexity index is 2040. The lowest BCUT2D eigenvalue weighted by molar-refractivity contribution is -0.134. The van der Waals surface area contributed by atoms with Gasteiger partial charge in [-0.15, -0.1) is 6.42 Å². The number of rotatable bonds is 7. The number of aliphatic hydroxyl groups excluding tert-OH is 1. The minimum atomic E-state index is -1.30. The van der Waals surface area contributed by atoms with E-state index >= 15 is 8.78 Å². The van der Waals surface area contributed by atoms with Crippen LogP contribution in [0.4, 0.5) is 39.5 Å². The summed E-state index contributed by atoms with van der Waals surface area (Å²) in [7, 11) is 0. The van der Waals surface area contributed by atoms with E-state index in [9.17, 15) is 28.3 Å². The van der Waals surface area contributed by atoms with Gasteiger partial charge in [-0.1, -0.05) is 12.8 Å². The average molecular weight is 666 g/mol. The number of esters is 1. The van der Waals surface area contributed by atoms with Crippen molar-refractivity contribution in [1.29, 1.82) is 0 Å². The van der Waals surface area contributed by atoms with Crippen molar-refractivity contribution in [3.63, 3.8) is 0 Å². The molecule has 0 radical (unpaired) electrons. The molecule has 2 saturated heterocycles. The molecule has 2 atom stereocenters. The number of halogens is 4. The van der Waals surface area contributed by atoms with Crippen LogP contribution >= 0.6 is 0 Å². The molecule has 0 bridgehead atoms. The summed E-state index contributed by atoms with van der Waals surface area (Å²) >= 11 is 0. The predicted molar refractivity (Wildman–Crippen MR) is 166 cm³/mol. The fraction of sp³-hybridized carbons (Fsp3) is 0.273. The van der Waals surface area contributed by atoms with E-state index < -0.39 is 58.7 Å². The zero-order valence-electron chi connectivity index (χ0n) is 25.3.